The number of hydrogen-bond donors (Lipinski definition) is 0. The topological polar surface area (TPSA) is 30.0 Å². The van der Waals surface area contributed by atoms with Gasteiger partial charge in [0.1, 0.15) is 0 Å². The molecule has 0 amide bonds. The third kappa shape index (κ3) is 1.78. The van der Waals surface area contributed by atoms with Crippen LogP contribution in [0.5, 0.6) is 0 Å². The Morgan fingerprint density at radius 3 is 2.50 bits per heavy atom. The van der Waals surface area contributed by atoms with Gasteiger partial charge in [-0.2, -0.15) is 0 Å². The highest BCUT2D eigenvalue weighted by atomic mass is 16.1. The van der Waals surface area contributed by atoms with E-state index in [0.29, 0.717) is 5.56 Å². The molecule has 86 valence electrons. The van der Waals surface area contributed by atoms with Crippen molar-refractivity contribution in [3.8, 4) is 11.1 Å². The van der Waals surface area contributed by atoms with Crippen LogP contribution in [0.4, 0.5) is 0 Å². The highest BCUT2D eigenvalue weighted by Crippen LogP contribution is 2.23. The number of rotatable bonds is 2. The molecule has 0 unspecified atom stereocenters. The summed E-state index contributed by atoms with van der Waals surface area (Å²) in [7, 11) is 0. The largest absolute Gasteiger partial charge is 0.298 e. The van der Waals surface area contributed by atoms with Crippen molar-refractivity contribution in [2.75, 3.05) is 0 Å². The molecule has 2 aromatic carbocycles. The molecule has 3 rings (SSSR count). The minimum absolute atomic E-state index is 0.679. The van der Waals surface area contributed by atoms with Crippen molar-refractivity contribution in [1.29, 1.82) is 0 Å². The first-order chi connectivity index (χ1) is 8.88. The van der Waals surface area contributed by atoms with Gasteiger partial charge in [-0.1, -0.05) is 42.5 Å². The zero-order chi connectivity index (χ0) is 12.4. The van der Waals surface area contributed by atoms with Crippen LogP contribution in [-0.2, 0) is 0 Å². The molecule has 0 fully saturated rings. The molecule has 0 spiro atoms. The van der Waals surface area contributed by atoms with E-state index < -0.39 is 0 Å². The number of carbonyl (C=O) groups is 1. The third-order valence-electron chi connectivity index (χ3n) is 2.99. The maximum atomic E-state index is 11.0. The van der Waals surface area contributed by atoms with Crippen molar-refractivity contribution in [3.63, 3.8) is 0 Å². The first kappa shape index (κ1) is 10.7. The van der Waals surface area contributed by atoms with Crippen LogP contribution in [0.2, 0.25) is 0 Å². The Morgan fingerprint density at radius 2 is 1.72 bits per heavy atom. The second-order valence-corrected chi connectivity index (χ2v) is 4.12. The fourth-order valence-electron chi connectivity index (χ4n) is 2.06. The summed E-state index contributed by atoms with van der Waals surface area (Å²) < 4.78 is 0. The first-order valence-electron chi connectivity index (χ1n) is 5.78. The number of carbonyl (C=O) groups excluding carboxylic acids is 1. The summed E-state index contributed by atoms with van der Waals surface area (Å²) in [5, 5.41) is 0.897. The third-order valence-corrected chi connectivity index (χ3v) is 2.99. The summed E-state index contributed by atoms with van der Waals surface area (Å²) in [5.74, 6) is 0. The Hall–Kier alpha value is -2.48. The summed E-state index contributed by atoms with van der Waals surface area (Å²) in [4.78, 5) is 15.4. The predicted molar refractivity (Wildman–Crippen MR) is 72.6 cm³/mol. The van der Waals surface area contributed by atoms with E-state index >= 15 is 0 Å². The van der Waals surface area contributed by atoms with Gasteiger partial charge in [0.05, 0.1) is 5.52 Å². The second kappa shape index (κ2) is 4.41. The van der Waals surface area contributed by atoms with Crippen LogP contribution >= 0.6 is 0 Å². The molecule has 0 N–H and O–H groups in total. The van der Waals surface area contributed by atoms with E-state index in [1.165, 1.54) is 0 Å². The number of hydrogen-bond acceptors (Lipinski definition) is 2. The Labute approximate surface area is 105 Å². The summed E-state index contributed by atoms with van der Waals surface area (Å²) in [6.07, 6.45) is 2.71. The van der Waals surface area contributed by atoms with Crippen molar-refractivity contribution < 1.29 is 4.79 Å². The number of fused-ring (bicyclic) bond motifs is 1. The fraction of sp³-hybridized carbons (Fsp3) is 0. The highest BCUT2D eigenvalue weighted by molar-refractivity contribution is 5.97. The number of benzene rings is 2. The van der Waals surface area contributed by atoms with Crippen molar-refractivity contribution in [2.24, 2.45) is 0 Å². The monoisotopic (exact) mass is 233 g/mol. The number of aromatic nitrogens is 1. The zero-order valence-electron chi connectivity index (χ0n) is 9.71. The molecule has 2 heteroatoms. The normalized spacial score (nSPS) is 10.4. The average Bonchev–Trinajstić information content (AvgIpc) is 2.47. The number of pyridine rings is 1. The number of nitrogens with zero attached hydrogens (tertiary/aromatic N) is 1. The van der Waals surface area contributed by atoms with E-state index in [0.717, 1.165) is 28.3 Å². The smallest absolute Gasteiger partial charge is 0.150 e. The minimum Gasteiger partial charge on any atom is -0.298 e. The second-order valence-electron chi connectivity index (χ2n) is 4.12. The zero-order valence-corrected chi connectivity index (χ0v) is 9.71. The van der Waals surface area contributed by atoms with Crippen LogP contribution in [0.1, 0.15) is 10.4 Å². The van der Waals surface area contributed by atoms with Crippen LogP contribution in [0.15, 0.2) is 60.8 Å². The SMILES string of the molecule is O=Cc1cccc2ncc(-c3ccccc3)cc12. The van der Waals surface area contributed by atoms with E-state index in [-0.39, 0.29) is 0 Å². The lowest BCUT2D eigenvalue weighted by atomic mass is 10.0. The molecule has 0 aliphatic heterocycles. The van der Waals surface area contributed by atoms with Gasteiger partial charge in [0, 0.05) is 22.7 Å². The van der Waals surface area contributed by atoms with Gasteiger partial charge in [0.15, 0.2) is 6.29 Å². The molecule has 18 heavy (non-hydrogen) atoms. The van der Waals surface area contributed by atoms with Crippen molar-refractivity contribution in [2.45, 2.75) is 0 Å². The fourth-order valence-corrected chi connectivity index (χ4v) is 2.06. The summed E-state index contributed by atoms with van der Waals surface area (Å²) in [6.45, 7) is 0. The van der Waals surface area contributed by atoms with Gasteiger partial charge < -0.3 is 0 Å². The summed E-state index contributed by atoms with van der Waals surface area (Å²) in [6, 6.07) is 17.6. The molecule has 1 heterocycles. The molecule has 0 saturated carbocycles. The van der Waals surface area contributed by atoms with Gasteiger partial charge >= 0.3 is 0 Å². The Morgan fingerprint density at radius 1 is 0.889 bits per heavy atom. The van der Waals surface area contributed by atoms with E-state index in [2.05, 4.69) is 4.98 Å². The molecule has 0 atom stereocenters. The number of aldehydes is 1. The van der Waals surface area contributed by atoms with E-state index in [4.69, 9.17) is 0 Å². The predicted octanol–water partition coefficient (Wildman–Crippen LogP) is 3.71. The lowest BCUT2D eigenvalue weighted by Gasteiger charge is -2.04. The lowest BCUT2D eigenvalue weighted by Crippen LogP contribution is -1.87. The highest BCUT2D eigenvalue weighted by Gasteiger charge is 2.03. The molecule has 2 nitrogen and oxygen atoms in total. The van der Waals surface area contributed by atoms with E-state index in [1.54, 1.807) is 0 Å². The van der Waals surface area contributed by atoms with Crippen LogP contribution in [-0.4, -0.2) is 11.3 Å². The van der Waals surface area contributed by atoms with Gasteiger partial charge in [-0.3, -0.25) is 9.78 Å². The summed E-state index contributed by atoms with van der Waals surface area (Å²) in [5.41, 5.74) is 3.65. The minimum atomic E-state index is 0.679. The van der Waals surface area contributed by atoms with Crippen LogP contribution in [0, 0.1) is 0 Å². The van der Waals surface area contributed by atoms with E-state index in [9.17, 15) is 4.79 Å². The van der Waals surface area contributed by atoms with Crippen LogP contribution < -0.4 is 0 Å². The lowest BCUT2D eigenvalue weighted by molar-refractivity contribution is 0.112. The Kier molecular flexibility index (Phi) is 2.61. The van der Waals surface area contributed by atoms with Gasteiger partial charge in [-0.25, -0.2) is 0 Å². The van der Waals surface area contributed by atoms with Gasteiger partial charge in [0.25, 0.3) is 0 Å². The average molecular weight is 233 g/mol. The molecule has 0 bridgehead atoms. The Balaban J connectivity index is 2.25. The molecule has 0 aliphatic carbocycles. The van der Waals surface area contributed by atoms with Crippen LogP contribution in [0.25, 0.3) is 22.0 Å². The van der Waals surface area contributed by atoms with Gasteiger partial charge in [-0.05, 0) is 17.7 Å². The quantitative estimate of drug-likeness (QED) is 0.631. The standard InChI is InChI=1S/C16H11NO/c18-11-13-7-4-8-16-15(13)9-14(10-17-16)12-5-2-1-3-6-12/h1-11H. The van der Waals surface area contributed by atoms with Gasteiger partial charge in [-0.15, -0.1) is 0 Å². The molecular formula is C16H11NO. The van der Waals surface area contributed by atoms with Crippen molar-refractivity contribution >= 4 is 17.2 Å². The van der Waals surface area contributed by atoms with Gasteiger partial charge in [0.2, 0.25) is 0 Å². The molecule has 3 aromatic rings. The molecule has 0 saturated heterocycles. The maximum absolute atomic E-state index is 11.0. The molecule has 1 aromatic heterocycles. The van der Waals surface area contributed by atoms with Crippen molar-refractivity contribution in [1.82, 2.24) is 4.98 Å². The summed E-state index contributed by atoms with van der Waals surface area (Å²) >= 11 is 0. The molecule has 0 aliphatic rings. The van der Waals surface area contributed by atoms with Crippen LogP contribution in [0.3, 0.4) is 0 Å². The molecule has 0 radical (unpaired) electrons. The Bertz CT molecular complexity index is 705. The van der Waals surface area contributed by atoms with E-state index in [1.807, 2.05) is 60.8 Å². The molecular weight excluding hydrogens is 222 g/mol. The maximum Gasteiger partial charge on any atom is 0.150 e. The first-order valence-corrected chi connectivity index (χ1v) is 5.78. The van der Waals surface area contributed by atoms with Crippen molar-refractivity contribution in [3.05, 3.63) is 66.4 Å².